The number of hydrogen-bond acceptors (Lipinski definition) is 4. The summed E-state index contributed by atoms with van der Waals surface area (Å²) in [6, 6.07) is 15.6. The molecule has 6 heteroatoms. The molecule has 0 radical (unpaired) electrons. The van der Waals surface area contributed by atoms with Crippen LogP contribution in [0.4, 0.5) is 5.69 Å². The molecule has 148 valence electrons. The summed E-state index contributed by atoms with van der Waals surface area (Å²) in [7, 11) is 0. The minimum absolute atomic E-state index is 0.00975. The van der Waals surface area contributed by atoms with Crippen LogP contribution in [0.15, 0.2) is 53.4 Å². The summed E-state index contributed by atoms with van der Waals surface area (Å²) in [5.74, 6) is 0.634. The lowest BCUT2D eigenvalue weighted by Gasteiger charge is -2.32. The molecule has 1 aliphatic heterocycles. The highest BCUT2D eigenvalue weighted by Gasteiger charge is 2.26. The molecule has 0 saturated carbocycles. The summed E-state index contributed by atoms with van der Waals surface area (Å²) >= 11 is 1.78. The highest BCUT2D eigenvalue weighted by Crippen LogP contribution is 2.38. The fourth-order valence-electron chi connectivity index (χ4n) is 3.21. The topological polar surface area (TPSA) is 58.6 Å². The maximum absolute atomic E-state index is 12.7. The van der Waals surface area contributed by atoms with Gasteiger partial charge in [-0.3, -0.25) is 9.59 Å². The molecule has 0 aromatic heterocycles. The number of thioether (sulfide) groups is 1. The highest BCUT2D eigenvalue weighted by molar-refractivity contribution is 8.00. The Morgan fingerprint density at radius 2 is 1.89 bits per heavy atom. The van der Waals surface area contributed by atoms with Gasteiger partial charge in [0.15, 0.2) is 0 Å². The molecule has 1 unspecified atom stereocenters. The first-order chi connectivity index (χ1) is 13.6. The largest absolute Gasteiger partial charge is 0.494 e. The Kier molecular flexibility index (Phi) is 6.98. The molecule has 5 nitrogen and oxygen atoms in total. The molecule has 2 amide bonds. The summed E-state index contributed by atoms with van der Waals surface area (Å²) in [6.07, 6.45) is 0.375. The third-order valence-corrected chi connectivity index (χ3v) is 5.69. The number of rotatable bonds is 7. The maximum atomic E-state index is 12.7. The van der Waals surface area contributed by atoms with Gasteiger partial charge in [-0.05, 0) is 25.1 Å². The number of benzene rings is 2. The van der Waals surface area contributed by atoms with Crippen LogP contribution in [0.5, 0.6) is 5.75 Å². The van der Waals surface area contributed by atoms with Gasteiger partial charge in [-0.15, -0.1) is 11.8 Å². The molecular formula is C22H26N2O3S. The molecule has 1 N–H and O–H groups in total. The molecular weight excluding hydrogens is 372 g/mol. The Bertz CT molecular complexity index is 840. The van der Waals surface area contributed by atoms with E-state index >= 15 is 0 Å². The van der Waals surface area contributed by atoms with Crippen molar-refractivity contribution in [2.24, 2.45) is 0 Å². The molecule has 2 aromatic carbocycles. The number of hydrogen-bond donors (Lipinski definition) is 1. The first kappa shape index (κ1) is 20.3. The molecule has 0 fully saturated rings. The zero-order chi connectivity index (χ0) is 19.9. The number of nitrogens with zero attached hydrogens (tertiary/aromatic N) is 1. The van der Waals surface area contributed by atoms with Gasteiger partial charge in [0.2, 0.25) is 11.8 Å². The van der Waals surface area contributed by atoms with E-state index in [1.165, 1.54) is 0 Å². The predicted octanol–water partition coefficient (Wildman–Crippen LogP) is 4.01. The Morgan fingerprint density at radius 1 is 1.14 bits per heavy atom. The van der Waals surface area contributed by atoms with E-state index in [1.54, 1.807) is 11.8 Å². The number of para-hydroxylation sites is 2. The lowest BCUT2D eigenvalue weighted by Crippen LogP contribution is -2.39. The SMILES string of the molecule is CCOc1ccccc1CNC(=O)CCC(=O)N1CC(C)Sc2ccccc21. The van der Waals surface area contributed by atoms with Crippen LogP contribution >= 0.6 is 11.8 Å². The number of ether oxygens (including phenoxy) is 1. The van der Waals surface area contributed by atoms with Gasteiger partial charge in [0, 0.05) is 41.6 Å². The molecule has 28 heavy (non-hydrogen) atoms. The van der Waals surface area contributed by atoms with Crippen molar-refractivity contribution < 1.29 is 14.3 Å². The lowest BCUT2D eigenvalue weighted by molar-refractivity contribution is -0.125. The fourth-order valence-corrected chi connectivity index (χ4v) is 4.32. The third-order valence-electron chi connectivity index (χ3n) is 4.54. The summed E-state index contributed by atoms with van der Waals surface area (Å²) in [4.78, 5) is 27.9. The summed E-state index contributed by atoms with van der Waals surface area (Å²) in [6.45, 7) is 5.68. The van der Waals surface area contributed by atoms with Gasteiger partial charge in [0.1, 0.15) is 5.75 Å². The molecule has 0 bridgehead atoms. The van der Waals surface area contributed by atoms with Crippen molar-refractivity contribution >= 4 is 29.3 Å². The predicted molar refractivity (Wildman–Crippen MR) is 113 cm³/mol. The second-order valence-corrected chi connectivity index (χ2v) is 8.20. The molecule has 0 saturated heterocycles. The van der Waals surface area contributed by atoms with Crippen LogP contribution in [0.2, 0.25) is 0 Å². The van der Waals surface area contributed by atoms with Gasteiger partial charge in [0.05, 0.1) is 12.3 Å². The van der Waals surface area contributed by atoms with Crippen molar-refractivity contribution in [1.82, 2.24) is 5.32 Å². The van der Waals surface area contributed by atoms with Crippen LogP contribution in [0.3, 0.4) is 0 Å². The van der Waals surface area contributed by atoms with Crippen LogP contribution in [0.25, 0.3) is 0 Å². The quantitative estimate of drug-likeness (QED) is 0.766. The Morgan fingerprint density at radius 3 is 2.71 bits per heavy atom. The number of fused-ring (bicyclic) bond motifs is 1. The molecule has 1 heterocycles. The van der Waals surface area contributed by atoms with Crippen molar-refractivity contribution in [2.45, 2.75) is 43.4 Å². The molecule has 0 spiro atoms. The third kappa shape index (κ3) is 5.07. The van der Waals surface area contributed by atoms with Crippen molar-refractivity contribution in [3.63, 3.8) is 0 Å². The van der Waals surface area contributed by atoms with E-state index in [9.17, 15) is 9.59 Å². The first-order valence-corrected chi connectivity index (χ1v) is 10.5. The minimum Gasteiger partial charge on any atom is -0.494 e. The molecule has 0 aliphatic carbocycles. The molecule has 2 aromatic rings. The van der Waals surface area contributed by atoms with Crippen LogP contribution < -0.4 is 15.0 Å². The zero-order valence-corrected chi connectivity index (χ0v) is 17.1. The number of anilines is 1. The second kappa shape index (κ2) is 9.64. The summed E-state index contributed by atoms with van der Waals surface area (Å²) in [5, 5.41) is 3.23. The van der Waals surface area contributed by atoms with E-state index < -0.39 is 0 Å². The van der Waals surface area contributed by atoms with Gasteiger partial charge in [0.25, 0.3) is 0 Å². The monoisotopic (exact) mass is 398 g/mol. The van der Waals surface area contributed by atoms with E-state index in [1.807, 2.05) is 60.4 Å². The van der Waals surface area contributed by atoms with Crippen molar-refractivity contribution in [1.29, 1.82) is 0 Å². The Hall–Kier alpha value is -2.47. The fraction of sp³-hybridized carbons (Fsp3) is 0.364. The number of nitrogens with one attached hydrogen (secondary N) is 1. The Labute approximate surface area is 170 Å². The van der Waals surface area contributed by atoms with Gasteiger partial charge in [-0.1, -0.05) is 37.3 Å². The first-order valence-electron chi connectivity index (χ1n) is 9.62. The molecule has 3 rings (SSSR count). The van der Waals surface area contributed by atoms with Crippen molar-refractivity contribution in [3.8, 4) is 5.75 Å². The van der Waals surface area contributed by atoms with Crippen LogP contribution in [0.1, 0.15) is 32.3 Å². The van der Waals surface area contributed by atoms with E-state index in [0.717, 1.165) is 21.9 Å². The smallest absolute Gasteiger partial charge is 0.227 e. The summed E-state index contributed by atoms with van der Waals surface area (Å²) < 4.78 is 5.58. The van der Waals surface area contributed by atoms with E-state index in [-0.39, 0.29) is 24.7 Å². The van der Waals surface area contributed by atoms with Gasteiger partial charge >= 0.3 is 0 Å². The zero-order valence-electron chi connectivity index (χ0n) is 16.3. The lowest BCUT2D eigenvalue weighted by atomic mass is 10.2. The number of amides is 2. The average molecular weight is 399 g/mol. The summed E-state index contributed by atoms with van der Waals surface area (Å²) in [5.41, 5.74) is 1.88. The van der Waals surface area contributed by atoms with Crippen LogP contribution in [-0.2, 0) is 16.1 Å². The van der Waals surface area contributed by atoms with E-state index in [0.29, 0.717) is 24.9 Å². The van der Waals surface area contributed by atoms with Gasteiger partial charge in [-0.25, -0.2) is 0 Å². The highest BCUT2D eigenvalue weighted by atomic mass is 32.2. The standard InChI is InChI=1S/C22H26N2O3S/c1-3-27-19-10-6-4-8-17(19)14-23-21(25)12-13-22(26)24-15-16(2)28-20-11-7-5-9-18(20)24/h4-11,16H,3,12-15H2,1-2H3,(H,23,25). The van der Waals surface area contributed by atoms with Crippen molar-refractivity contribution in [2.75, 3.05) is 18.1 Å². The number of carbonyl (C=O) groups excluding carboxylic acids is 2. The van der Waals surface area contributed by atoms with Crippen LogP contribution in [0, 0.1) is 0 Å². The second-order valence-electron chi connectivity index (χ2n) is 6.72. The average Bonchev–Trinajstić information content (AvgIpc) is 2.71. The van der Waals surface area contributed by atoms with Gasteiger partial charge in [-0.2, -0.15) is 0 Å². The van der Waals surface area contributed by atoms with Crippen molar-refractivity contribution in [3.05, 3.63) is 54.1 Å². The van der Waals surface area contributed by atoms with Gasteiger partial charge < -0.3 is 15.0 Å². The normalized spacial score (nSPS) is 15.6. The van der Waals surface area contributed by atoms with E-state index in [4.69, 9.17) is 4.74 Å². The number of carbonyl (C=O) groups is 2. The molecule has 1 atom stereocenters. The maximum Gasteiger partial charge on any atom is 0.227 e. The minimum atomic E-state index is -0.132. The Balaban J connectivity index is 1.53. The molecule has 1 aliphatic rings. The van der Waals surface area contributed by atoms with E-state index in [2.05, 4.69) is 12.2 Å². The van der Waals surface area contributed by atoms with Crippen LogP contribution in [-0.4, -0.2) is 30.2 Å².